The number of piperidine rings is 1. The van der Waals surface area contributed by atoms with E-state index in [0.29, 0.717) is 12.0 Å². The Labute approximate surface area is 106 Å². The summed E-state index contributed by atoms with van der Waals surface area (Å²) in [6, 6.07) is 0.686. The van der Waals surface area contributed by atoms with Crippen LogP contribution in [0.25, 0.3) is 0 Å². The Bertz CT molecular complexity index is 441. The van der Waals surface area contributed by atoms with Crippen LogP contribution in [0.5, 0.6) is 0 Å². The van der Waals surface area contributed by atoms with Crippen LogP contribution in [0.3, 0.4) is 0 Å². The summed E-state index contributed by atoms with van der Waals surface area (Å²) in [5, 5.41) is 1.07. The van der Waals surface area contributed by atoms with E-state index in [1.165, 1.54) is 19.3 Å². The Morgan fingerprint density at radius 3 is 2.76 bits per heavy atom. The highest BCUT2D eigenvalue weighted by atomic mass is 32.1. The maximum atomic E-state index is 11.1. The van der Waals surface area contributed by atoms with E-state index < -0.39 is 0 Å². The Balaban J connectivity index is 1.91. The first-order valence-corrected chi connectivity index (χ1v) is 7.23. The van der Waals surface area contributed by atoms with Gasteiger partial charge in [0.15, 0.2) is 11.4 Å². The maximum absolute atomic E-state index is 11.1. The quantitative estimate of drug-likeness (QED) is 0.773. The zero-order valence-corrected chi connectivity index (χ0v) is 11.2. The lowest BCUT2D eigenvalue weighted by Gasteiger charge is -2.26. The predicted molar refractivity (Wildman–Crippen MR) is 70.1 cm³/mol. The molecule has 1 saturated heterocycles. The minimum atomic E-state index is 0.333. The van der Waals surface area contributed by atoms with Gasteiger partial charge in [-0.2, -0.15) is 0 Å². The van der Waals surface area contributed by atoms with Gasteiger partial charge in [0, 0.05) is 12.6 Å². The van der Waals surface area contributed by atoms with Gasteiger partial charge in [-0.1, -0.05) is 25.2 Å². The Kier molecular flexibility index (Phi) is 2.69. The zero-order valence-electron chi connectivity index (χ0n) is 10.3. The molecule has 2 heterocycles. The number of aldehydes is 1. The molecule has 4 heteroatoms. The fourth-order valence-electron chi connectivity index (χ4n) is 3.11. The molecule has 1 saturated carbocycles. The van der Waals surface area contributed by atoms with Crippen LogP contribution < -0.4 is 4.90 Å². The van der Waals surface area contributed by atoms with Crippen LogP contribution in [-0.4, -0.2) is 23.9 Å². The van der Waals surface area contributed by atoms with Gasteiger partial charge in [-0.3, -0.25) is 4.79 Å². The minimum absolute atomic E-state index is 0.333. The van der Waals surface area contributed by atoms with Crippen molar-refractivity contribution in [2.24, 2.45) is 5.92 Å². The van der Waals surface area contributed by atoms with Crippen molar-refractivity contribution in [1.29, 1.82) is 0 Å². The van der Waals surface area contributed by atoms with E-state index >= 15 is 0 Å². The molecule has 2 aliphatic rings. The molecule has 2 atom stereocenters. The molecule has 1 aromatic rings. The lowest BCUT2D eigenvalue weighted by atomic mass is 10.1. The van der Waals surface area contributed by atoms with Gasteiger partial charge in [-0.05, 0) is 31.1 Å². The Morgan fingerprint density at radius 1 is 1.47 bits per heavy atom. The zero-order chi connectivity index (χ0) is 12.0. The van der Waals surface area contributed by atoms with Crippen molar-refractivity contribution < 1.29 is 4.79 Å². The maximum Gasteiger partial charge on any atom is 0.186 e. The van der Waals surface area contributed by atoms with E-state index in [9.17, 15) is 4.79 Å². The highest BCUT2D eigenvalue weighted by Gasteiger charge is 2.39. The van der Waals surface area contributed by atoms with E-state index in [4.69, 9.17) is 4.98 Å². The number of hydrogen-bond donors (Lipinski definition) is 0. The molecule has 1 aliphatic carbocycles. The van der Waals surface area contributed by atoms with Crippen LogP contribution in [0.4, 0.5) is 5.13 Å². The highest BCUT2D eigenvalue weighted by molar-refractivity contribution is 7.17. The summed E-state index contributed by atoms with van der Waals surface area (Å²) in [7, 11) is 0. The smallest absolute Gasteiger partial charge is 0.186 e. The van der Waals surface area contributed by atoms with Gasteiger partial charge in [0.05, 0.1) is 10.6 Å². The second-order valence-corrected chi connectivity index (χ2v) is 6.51. The fraction of sp³-hybridized carbons (Fsp3) is 0.692. The fourth-order valence-corrected chi connectivity index (χ4v) is 4.23. The molecule has 2 fully saturated rings. The second-order valence-electron chi connectivity index (χ2n) is 5.50. The highest BCUT2D eigenvalue weighted by Crippen LogP contribution is 2.42. The van der Waals surface area contributed by atoms with Gasteiger partial charge in [0.2, 0.25) is 0 Å². The topological polar surface area (TPSA) is 33.2 Å². The largest absolute Gasteiger partial charge is 0.345 e. The first kappa shape index (κ1) is 11.2. The molecule has 1 aliphatic heterocycles. The second kappa shape index (κ2) is 4.09. The summed E-state index contributed by atoms with van der Waals surface area (Å²) in [6.45, 7) is 5.35. The monoisotopic (exact) mass is 250 g/mol. The number of fused-ring (bicyclic) bond motifs is 2. The van der Waals surface area contributed by atoms with Crippen LogP contribution in [0, 0.1) is 5.92 Å². The van der Waals surface area contributed by atoms with Crippen molar-refractivity contribution in [3.63, 3.8) is 0 Å². The molecule has 3 nitrogen and oxygen atoms in total. The molecule has 2 bridgehead atoms. The molecule has 0 spiro atoms. The molecule has 0 amide bonds. The molecule has 17 heavy (non-hydrogen) atoms. The number of nitrogens with zero attached hydrogens (tertiary/aromatic N) is 2. The molecule has 2 unspecified atom stereocenters. The summed E-state index contributed by atoms with van der Waals surface area (Å²) in [5.41, 5.74) is 0.975. The van der Waals surface area contributed by atoms with Crippen molar-refractivity contribution in [2.75, 3.05) is 11.4 Å². The molecule has 0 aromatic carbocycles. The summed E-state index contributed by atoms with van der Waals surface area (Å²) in [4.78, 5) is 19.0. The number of aromatic nitrogens is 1. The number of carbonyl (C=O) groups is 1. The number of hydrogen-bond acceptors (Lipinski definition) is 4. The SMILES string of the molecule is CC(C)c1nc(N2CC3CCC2C3)sc1C=O. The third-order valence-electron chi connectivity index (χ3n) is 3.98. The van der Waals surface area contributed by atoms with E-state index in [1.54, 1.807) is 11.3 Å². The summed E-state index contributed by atoms with van der Waals surface area (Å²) < 4.78 is 0. The van der Waals surface area contributed by atoms with E-state index in [-0.39, 0.29) is 0 Å². The summed E-state index contributed by atoms with van der Waals surface area (Å²) in [5.74, 6) is 1.20. The van der Waals surface area contributed by atoms with Crippen LogP contribution in [0.1, 0.15) is 54.4 Å². The number of carbonyl (C=O) groups excluding carboxylic acids is 1. The molecular formula is C13H18N2OS. The van der Waals surface area contributed by atoms with Crippen LogP contribution in [0.15, 0.2) is 0 Å². The average Bonchev–Trinajstić information content (AvgIpc) is 3.02. The predicted octanol–water partition coefficient (Wildman–Crippen LogP) is 3.07. The van der Waals surface area contributed by atoms with Crippen LogP contribution in [0.2, 0.25) is 0 Å². The van der Waals surface area contributed by atoms with Gasteiger partial charge in [-0.25, -0.2) is 4.98 Å². The molecule has 92 valence electrons. The third kappa shape index (κ3) is 1.79. The average molecular weight is 250 g/mol. The molecule has 1 aromatic heterocycles. The number of anilines is 1. The van der Waals surface area contributed by atoms with Gasteiger partial charge >= 0.3 is 0 Å². The number of thiazole rings is 1. The van der Waals surface area contributed by atoms with Crippen LogP contribution in [-0.2, 0) is 0 Å². The first-order chi connectivity index (χ1) is 8.19. The summed E-state index contributed by atoms with van der Waals surface area (Å²) >= 11 is 1.57. The van der Waals surface area contributed by atoms with Crippen molar-refractivity contribution in [3.05, 3.63) is 10.6 Å². The third-order valence-corrected chi connectivity index (χ3v) is 5.01. The van der Waals surface area contributed by atoms with E-state index in [0.717, 1.165) is 34.5 Å². The molecule has 0 radical (unpaired) electrons. The molecular weight excluding hydrogens is 232 g/mol. The van der Waals surface area contributed by atoms with E-state index in [1.807, 2.05) is 0 Å². The van der Waals surface area contributed by atoms with Gasteiger partial charge in [0.1, 0.15) is 0 Å². The normalized spacial score (nSPS) is 27.1. The first-order valence-electron chi connectivity index (χ1n) is 6.41. The van der Waals surface area contributed by atoms with Crippen molar-refractivity contribution in [1.82, 2.24) is 4.98 Å². The van der Waals surface area contributed by atoms with Crippen molar-refractivity contribution in [3.8, 4) is 0 Å². The van der Waals surface area contributed by atoms with Crippen LogP contribution >= 0.6 is 11.3 Å². The Morgan fingerprint density at radius 2 is 2.29 bits per heavy atom. The molecule has 0 N–H and O–H groups in total. The number of rotatable bonds is 3. The lowest BCUT2D eigenvalue weighted by Crippen LogP contribution is -2.31. The van der Waals surface area contributed by atoms with Crippen molar-refractivity contribution in [2.45, 2.75) is 45.1 Å². The van der Waals surface area contributed by atoms with E-state index in [2.05, 4.69) is 18.7 Å². The Hall–Kier alpha value is -0.900. The van der Waals surface area contributed by atoms with Gasteiger partial charge in [0.25, 0.3) is 0 Å². The summed E-state index contributed by atoms with van der Waals surface area (Å²) in [6.07, 6.45) is 4.97. The van der Waals surface area contributed by atoms with Gasteiger partial charge < -0.3 is 4.90 Å². The van der Waals surface area contributed by atoms with Crippen molar-refractivity contribution >= 4 is 22.8 Å². The van der Waals surface area contributed by atoms with Gasteiger partial charge in [-0.15, -0.1) is 0 Å². The molecule has 3 rings (SSSR count). The minimum Gasteiger partial charge on any atom is -0.345 e. The standard InChI is InChI=1S/C13H18N2OS/c1-8(2)12-11(7-16)17-13(14-12)15-6-9-3-4-10(15)5-9/h7-10H,3-6H2,1-2H3. The lowest BCUT2D eigenvalue weighted by molar-refractivity contribution is 0.112.